The molecular formula is C21H22ClN3O4S2. The molecule has 4 rings (SSSR count). The maximum atomic E-state index is 12.9. The second-order valence-corrected chi connectivity index (χ2v) is 10.1. The molecule has 0 bridgehead atoms. The van der Waals surface area contributed by atoms with E-state index in [1.807, 2.05) is 23.6 Å². The molecule has 1 fully saturated rings. The zero-order chi connectivity index (χ0) is 22.0. The van der Waals surface area contributed by atoms with Crippen LogP contribution in [-0.2, 0) is 10.0 Å². The van der Waals surface area contributed by atoms with Crippen LogP contribution in [-0.4, -0.2) is 58.1 Å². The van der Waals surface area contributed by atoms with Gasteiger partial charge in [0.1, 0.15) is 4.90 Å². The van der Waals surface area contributed by atoms with Crippen LogP contribution >= 0.6 is 22.9 Å². The highest BCUT2D eigenvalue weighted by Gasteiger charge is 2.30. The lowest BCUT2D eigenvalue weighted by Crippen LogP contribution is -2.48. The maximum Gasteiger partial charge on any atom is 0.244 e. The summed E-state index contributed by atoms with van der Waals surface area (Å²) in [5.41, 5.74) is 1.77. The number of rotatable bonds is 6. The van der Waals surface area contributed by atoms with Crippen molar-refractivity contribution >= 4 is 38.1 Å². The molecule has 1 aliphatic heterocycles. The van der Waals surface area contributed by atoms with Gasteiger partial charge in [-0.2, -0.15) is 4.31 Å². The summed E-state index contributed by atoms with van der Waals surface area (Å²) in [5, 5.41) is 3.09. The predicted molar refractivity (Wildman–Crippen MR) is 123 cm³/mol. The van der Waals surface area contributed by atoms with Gasteiger partial charge in [-0.05, 0) is 30.3 Å². The number of sulfonamides is 1. The SMILES string of the molecule is COc1ccc(-c2csc(N3CCN(S(=O)(=O)c4ccccc4Cl)CC3)n2)cc1OC. The average molecular weight is 480 g/mol. The van der Waals surface area contributed by atoms with E-state index in [0.717, 1.165) is 16.4 Å². The number of benzene rings is 2. The molecule has 7 nitrogen and oxygen atoms in total. The molecule has 10 heteroatoms. The van der Waals surface area contributed by atoms with Gasteiger partial charge in [0.15, 0.2) is 16.6 Å². The number of piperazine rings is 1. The third kappa shape index (κ3) is 4.36. The fraction of sp³-hybridized carbons (Fsp3) is 0.286. The summed E-state index contributed by atoms with van der Waals surface area (Å²) in [7, 11) is -0.416. The van der Waals surface area contributed by atoms with Gasteiger partial charge in [0.05, 0.1) is 24.9 Å². The molecule has 0 atom stereocenters. The van der Waals surface area contributed by atoms with E-state index >= 15 is 0 Å². The van der Waals surface area contributed by atoms with Crippen molar-refractivity contribution in [1.82, 2.24) is 9.29 Å². The normalized spacial score (nSPS) is 15.1. The van der Waals surface area contributed by atoms with Crippen molar-refractivity contribution < 1.29 is 17.9 Å². The van der Waals surface area contributed by atoms with Crippen molar-refractivity contribution in [3.05, 3.63) is 52.9 Å². The third-order valence-corrected chi connectivity index (χ3v) is 8.43. The first-order chi connectivity index (χ1) is 14.9. The lowest BCUT2D eigenvalue weighted by molar-refractivity contribution is 0.355. The van der Waals surface area contributed by atoms with Crippen LogP contribution in [0.4, 0.5) is 5.13 Å². The van der Waals surface area contributed by atoms with Crippen LogP contribution < -0.4 is 14.4 Å². The molecule has 0 N–H and O–H groups in total. The van der Waals surface area contributed by atoms with E-state index < -0.39 is 10.0 Å². The van der Waals surface area contributed by atoms with Crippen molar-refractivity contribution in [3.63, 3.8) is 0 Å². The quantitative estimate of drug-likeness (QED) is 0.532. The van der Waals surface area contributed by atoms with Crippen LogP contribution in [0.15, 0.2) is 52.7 Å². The summed E-state index contributed by atoms with van der Waals surface area (Å²) >= 11 is 7.65. The standard InChI is InChI=1S/C21H22ClN3O4S2/c1-28-18-8-7-15(13-19(18)29-2)17-14-30-21(23-17)24-9-11-25(12-10-24)31(26,27)20-6-4-3-5-16(20)22/h3-8,13-14H,9-12H2,1-2H3. The largest absolute Gasteiger partial charge is 0.493 e. The number of ether oxygens (including phenoxy) is 2. The summed E-state index contributed by atoms with van der Waals surface area (Å²) in [6, 6.07) is 12.2. The van der Waals surface area contributed by atoms with Crippen LogP contribution in [0.3, 0.4) is 0 Å². The van der Waals surface area contributed by atoms with Gasteiger partial charge in [-0.25, -0.2) is 13.4 Å². The summed E-state index contributed by atoms with van der Waals surface area (Å²) < 4.78 is 38.0. The first kappa shape index (κ1) is 21.9. The minimum Gasteiger partial charge on any atom is -0.493 e. The molecule has 31 heavy (non-hydrogen) atoms. The van der Waals surface area contributed by atoms with Gasteiger partial charge in [-0.1, -0.05) is 23.7 Å². The Morgan fingerprint density at radius 3 is 2.39 bits per heavy atom. The Morgan fingerprint density at radius 2 is 1.71 bits per heavy atom. The number of methoxy groups -OCH3 is 2. The van der Waals surface area contributed by atoms with Crippen molar-refractivity contribution in [1.29, 1.82) is 0 Å². The number of nitrogens with zero attached hydrogens (tertiary/aromatic N) is 3. The Labute approximate surface area is 190 Å². The van der Waals surface area contributed by atoms with Gasteiger partial charge < -0.3 is 14.4 Å². The Kier molecular flexibility index (Phi) is 6.38. The molecule has 0 amide bonds. The number of hydrogen-bond acceptors (Lipinski definition) is 7. The molecule has 0 unspecified atom stereocenters. The molecule has 2 aromatic carbocycles. The van der Waals surface area contributed by atoms with E-state index in [4.69, 9.17) is 26.1 Å². The molecule has 0 radical (unpaired) electrons. The summed E-state index contributed by atoms with van der Waals surface area (Å²) in [5.74, 6) is 1.31. The van der Waals surface area contributed by atoms with Gasteiger partial charge in [0, 0.05) is 37.1 Å². The molecule has 2 heterocycles. The highest BCUT2D eigenvalue weighted by molar-refractivity contribution is 7.89. The first-order valence-corrected chi connectivity index (χ1v) is 12.3. The van der Waals surface area contributed by atoms with Gasteiger partial charge >= 0.3 is 0 Å². The predicted octanol–water partition coefficient (Wildman–Crippen LogP) is 3.99. The Bertz CT molecular complexity index is 1170. The number of hydrogen-bond donors (Lipinski definition) is 0. The fourth-order valence-electron chi connectivity index (χ4n) is 3.45. The topological polar surface area (TPSA) is 72.0 Å². The molecule has 0 spiro atoms. The van der Waals surface area contributed by atoms with Crippen LogP contribution in [0.25, 0.3) is 11.3 Å². The molecule has 1 saturated heterocycles. The second kappa shape index (κ2) is 9.04. The minimum atomic E-state index is -3.62. The van der Waals surface area contributed by atoms with Crippen molar-refractivity contribution in [2.75, 3.05) is 45.3 Å². The molecule has 0 aliphatic carbocycles. The molecule has 3 aromatic rings. The Hall–Kier alpha value is -2.33. The van der Waals surface area contributed by atoms with Gasteiger partial charge in [0.25, 0.3) is 0 Å². The van der Waals surface area contributed by atoms with E-state index in [2.05, 4.69) is 4.90 Å². The monoisotopic (exact) mass is 479 g/mol. The van der Waals surface area contributed by atoms with Crippen molar-refractivity contribution in [2.45, 2.75) is 4.90 Å². The average Bonchev–Trinajstić information content (AvgIpc) is 3.29. The number of aromatic nitrogens is 1. The van der Waals surface area contributed by atoms with E-state index in [-0.39, 0.29) is 9.92 Å². The Balaban J connectivity index is 1.47. The number of thiazole rings is 1. The molecule has 0 saturated carbocycles. The highest BCUT2D eigenvalue weighted by atomic mass is 35.5. The third-order valence-electron chi connectivity index (χ3n) is 5.14. The molecular weight excluding hydrogens is 458 g/mol. The zero-order valence-electron chi connectivity index (χ0n) is 17.1. The summed E-state index contributed by atoms with van der Waals surface area (Å²) in [4.78, 5) is 7.01. The van der Waals surface area contributed by atoms with Crippen molar-refractivity contribution in [3.8, 4) is 22.8 Å². The number of anilines is 1. The fourth-order valence-corrected chi connectivity index (χ4v) is 6.25. The van der Waals surface area contributed by atoms with Gasteiger partial charge in [0.2, 0.25) is 10.0 Å². The van der Waals surface area contributed by atoms with Crippen LogP contribution in [0, 0.1) is 0 Å². The van der Waals surface area contributed by atoms with Gasteiger partial charge in [-0.15, -0.1) is 11.3 Å². The van der Waals surface area contributed by atoms with Gasteiger partial charge in [-0.3, -0.25) is 0 Å². The molecule has 1 aromatic heterocycles. The minimum absolute atomic E-state index is 0.148. The summed E-state index contributed by atoms with van der Waals surface area (Å²) in [6.07, 6.45) is 0. The highest BCUT2D eigenvalue weighted by Crippen LogP contribution is 2.34. The maximum absolute atomic E-state index is 12.9. The van der Waals surface area contributed by atoms with E-state index in [1.54, 1.807) is 38.5 Å². The van der Waals surface area contributed by atoms with E-state index in [1.165, 1.54) is 15.6 Å². The lowest BCUT2D eigenvalue weighted by atomic mass is 10.1. The molecule has 1 aliphatic rings. The van der Waals surface area contributed by atoms with Crippen LogP contribution in [0.2, 0.25) is 5.02 Å². The number of halogens is 1. The lowest BCUT2D eigenvalue weighted by Gasteiger charge is -2.33. The zero-order valence-corrected chi connectivity index (χ0v) is 19.5. The van der Waals surface area contributed by atoms with E-state index in [0.29, 0.717) is 37.7 Å². The van der Waals surface area contributed by atoms with Crippen molar-refractivity contribution in [2.24, 2.45) is 0 Å². The first-order valence-electron chi connectivity index (χ1n) is 9.61. The molecule has 164 valence electrons. The smallest absolute Gasteiger partial charge is 0.244 e. The Morgan fingerprint density at radius 1 is 1.00 bits per heavy atom. The second-order valence-electron chi connectivity index (χ2n) is 6.91. The van der Waals surface area contributed by atoms with Crippen LogP contribution in [0.5, 0.6) is 11.5 Å². The van der Waals surface area contributed by atoms with Crippen LogP contribution in [0.1, 0.15) is 0 Å². The summed E-state index contributed by atoms with van der Waals surface area (Å²) in [6.45, 7) is 1.86. The van der Waals surface area contributed by atoms with E-state index in [9.17, 15) is 8.42 Å².